The normalized spacial score (nSPS) is 12.0. The third-order valence-corrected chi connectivity index (χ3v) is 6.13. The van der Waals surface area contributed by atoms with Crippen LogP contribution in [0.4, 0.5) is 5.82 Å². The molecule has 0 spiro atoms. The van der Waals surface area contributed by atoms with Crippen LogP contribution in [0.5, 0.6) is 11.5 Å². The first kappa shape index (κ1) is 25.8. The van der Waals surface area contributed by atoms with Crippen molar-refractivity contribution in [1.29, 1.82) is 0 Å². The number of pyridine rings is 1. The second-order valence-corrected chi connectivity index (χ2v) is 11.7. The number of aromatic nitrogens is 2. The molecule has 0 aliphatic carbocycles. The lowest BCUT2D eigenvalue weighted by molar-refractivity contribution is 0.0729. The third-order valence-electron chi connectivity index (χ3n) is 5.66. The number of fused-ring (bicyclic) bond motifs is 1. The molecular formula is C29H32BrN3O3. The number of methoxy groups -OCH3 is 1. The van der Waals surface area contributed by atoms with E-state index in [1.165, 1.54) is 0 Å². The predicted molar refractivity (Wildman–Crippen MR) is 148 cm³/mol. The SMILES string of the molecule is COc1cc(-c2nc3ccc(Br)cn3c2NC(C)(C)CC(C)(C)C)ccc1OC(=O)c1ccccc1. The molecule has 0 atom stereocenters. The summed E-state index contributed by atoms with van der Waals surface area (Å²) in [7, 11) is 1.56. The van der Waals surface area contributed by atoms with Gasteiger partial charge in [0.25, 0.3) is 0 Å². The molecule has 0 aliphatic rings. The number of esters is 1. The van der Waals surface area contributed by atoms with Crippen molar-refractivity contribution in [2.24, 2.45) is 5.41 Å². The minimum Gasteiger partial charge on any atom is -0.493 e. The topological polar surface area (TPSA) is 64.9 Å². The van der Waals surface area contributed by atoms with Crippen LogP contribution in [0.3, 0.4) is 0 Å². The summed E-state index contributed by atoms with van der Waals surface area (Å²) >= 11 is 3.59. The van der Waals surface area contributed by atoms with Crippen molar-refractivity contribution >= 4 is 33.4 Å². The lowest BCUT2D eigenvalue weighted by Gasteiger charge is -2.34. The molecule has 0 aliphatic heterocycles. The van der Waals surface area contributed by atoms with Gasteiger partial charge in [-0.3, -0.25) is 4.40 Å². The fourth-order valence-corrected chi connectivity index (χ4v) is 5.00. The molecule has 0 radical (unpaired) electrons. The molecule has 7 heteroatoms. The molecule has 2 aromatic carbocycles. The number of carbonyl (C=O) groups excluding carboxylic acids is 1. The van der Waals surface area contributed by atoms with Gasteiger partial charge < -0.3 is 14.8 Å². The third kappa shape index (κ3) is 5.90. The van der Waals surface area contributed by atoms with E-state index in [-0.39, 0.29) is 11.0 Å². The summed E-state index contributed by atoms with van der Waals surface area (Å²) in [6.07, 6.45) is 2.97. The first-order valence-electron chi connectivity index (χ1n) is 11.9. The van der Waals surface area contributed by atoms with Crippen LogP contribution in [0.15, 0.2) is 71.3 Å². The van der Waals surface area contributed by atoms with E-state index in [1.807, 2.05) is 36.5 Å². The minimum atomic E-state index is -0.439. The number of hydrogen-bond acceptors (Lipinski definition) is 5. The molecule has 6 nitrogen and oxygen atoms in total. The predicted octanol–water partition coefficient (Wildman–Crippen LogP) is 7.62. The lowest BCUT2D eigenvalue weighted by Crippen LogP contribution is -2.36. The molecule has 0 fully saturated rings. The maximum Gasteiger partial charge on any atom is 0.343 e. The monoisotopic (exact) mass is 549 g/mol. The Labute approximate surface area is 220 Å². The van der Waals surface area contributed by atoms with E-state index in [0.29, 0.717) is 17.1 Å². The van der Waals surface area contributed by atoms with E-state index in [2.05, 4.69) is 60.3 Å². The van der Waals surface area contributed by atoms with Crippen molar-refractivity contribution in [2.75, 3.05) is 12.4 Å². The smallest absolute Gasteiger partial charge is 0.343 e. The number of benzene rings is 2. The summed E-state index contributed by atoms with van der Waals surface area (Å²) in [5.74, 6) is 1.25. The summed E-state index contributed by atoms with van der Waals surface area (Å²) in [6.45, 7) is 11.1. The van der Waals surface area contributed by atoms with Crippen LogP contribution in [0.1, 0.15) is 51.4 Å². The lowest BCUT2D eigenvalue weighted by atomic mass is 9.82. The molecule has 2 heterocycles. The van der Waals surface area contributed by atoms with Gasteiger partial charge in [0.05, 0.1) is 12.7 Å². The quantitative estimate of drug-likeness (QED) is 0.190. The summed E-state index contributed by atoms with van der Waals surface area (Å²) in [5, 5.41) is 3.75. The van der Waals surface area contributed by atoms with Crippen molar-refractivity contribution in [1.82, 2.24) is 9.38 Å². The Hall–Kier alpha value is -3.32. The molecule has 0 unspecified atom stereocenters. The van der Waals surface area contributed by atoms with E-state index < -0.39 is 5.97 Å². The number of rotatable bonds is 7. The molecule has 188 valence electrons. The fourth-order valence-electron chi connectivity index (χ4n) is 4.66. The number of carbonyl (C=O) groups is 1. The van der Waals surface area contributed by atoms with Crippen molar-refractivity contribution < 1.29 is 14.3 Å². The first-order chi connectivity index (χ1) is 17.0. The highest BCUT2D eigenvalue weighted by molar-refractivity contribution is 9.10. The molecule has 0 saturated heterocycles. The second kappa shape index (κ2) is 9.97. The van der Waals surface area contributed by atoms with Crippen LogP contribution in [0.25, 0.3) is 16.9 Å². The van der Waals surface area contributed by atoms with Crippen LogP contribution in [0, 0.1) is 5.41 Å². The van der Waals surface area contributed by atoms with Gasteiger partial charge in [-0.25, -0.2) is 9.78 Å². The van der Waals surface area contributed by atoms with Crippen molar-refractivity contribution in [3.05, 3.63) is 76.9 Å². The summed E-state index contributed by atoms with van der Waals surface area (Å²) in [4.78, 5) is 17.5. The molecule has 36 heavy (non-hydrogen) atoms. The van der Waals surface area contributed by atoms with Crippen molar-refractivity contribution in [3.63, 3.8) is 0 Å². The zero-order chi connectivity index (χ0) is 26.1. The van der Waals surface area contributed by atoms with Gasteiger partial charge in [-0.15, -0.1) is 0 Å². The number of ether oxygens (including phenoxy) is 2. The standard InChI is InChI=1S/C29H32BrN3O3/c1-28(2,3)18-29(4,5)32-26-25(31-24-15-13-21(30)17-33(24)26)20-12-14-22(23(16-20)35-6)36-27(34)19-10-8-7-9-11-19/h7-17,32H,18H2,1-6H3. The van der Waals surface area contributed by atoms with Crippen molar-refractivity contribution in [2.45, 2.75) is 46.6 Å². The van der Waals surface area contributed by atoms with E-state index in [4.69, 9.17) is 14.5 Å². The number of anilines is 1. The Morgan fingerprint density at radius 2 is 1.72 bits per heavy atom. The summed E-state index contributed by atoms with van der Waals surface area (Å²) < 4.78 is 14.3. The van der Waals surface area contributed by atoms with Crippen LogP contribution in [-0.2, 0) is 0 Å². The number of hydrogen-bond donors (Lipinski definition) is 1. The zero-order valence-electron chi connectivity index (χ0n) is 21.6. The summed E-state index contributed by atoms with van der Waals surface area (Å²) in [6, 6.07) is 18.3. The maximum atomic E-state index is 12.6. The minimum absolute atomic E-state index is 0.144. The number of nitrogens with zero attached hydrogens (tertiary/aromatic N) is 2. The van der Waals surface area contributed by atoms with Gasteiger partial charge in [-0.2, -0.15) is 0 Å². The van der Waals surface area contributed by atoms with Gasteiger partial charge >= 0.3 is 5.97 Å². The maximum absolute atomic E-state index is 12.6. The highest BCUT2D eigenvalue weighted by Gasteiger charge is 2.28. The number of halogens is 1. The van der Waals surface area contributed by atoms with Crippen molar-refractivity contribution in [3.8, 4) is 22.8 Å². The van der Waals surface area contributed by atoms with E-state index in [0.717, 1.165) is 33.6 Å². The highest BCUT2D eigenvalue weighted by atomic mass is 79.9. The number of nitrogens with one attached hydrogen (secondary N) is 1. The molecule has 1 N–H and O–H groups in total. The Kier molecular flexibility index (Phi) is 7.14. The summed E-state index contributed by atoms with van der Waals surface area (Å²) in [5.41, 5.74) is 2.88. The van der Waals surface area contributed by atoms with Gasteiger partial charge in [0.15, 0.2) is 11.5 Å². The Morgan fingerprint density at radius 1 is 1.00 bits per heavy atom. The van der Waals surface area contributed by atoms with Gasteiger partial charge in [0.1, 0.15) is 17.2 Å². The zero-order valence-corrected chi connectivity index (χ0v) is 23.1. The molecule has 4 aromatic rings. The Morgan fingerprint density at radius 3 is 2.39 bits per heavy atom. The average Bonchev–Trinajstić information content (AvgIpc) is 3.15. The Bertz CT molecular complexity index is 1390. The van der Waals surface area contributed by atoms with E-state index in [9.17, 15) is 4.79 Å². The van der Waals surface area contributed by atoms with Gasteiger partial charge in [-0.05, 0) is 84.1 Å². The van der Waals surface area contributed by atoms with Crippen LogP contribution in [0.2, 0.25) is 0 Å². The van der Waals surface area contributed by atoms with E-state index >= 15 is 0 Å². The van der Waals surface area contributed by atoms with Crippen LogP contribution >= 0.6 is 15.9 Å². The Balaban J connectivity index is 1.75. The highest BCUT2D eigenvalue weighted by Crippen LogP contribution is 2.38. The second-order valence-electron chi connectivity index (χ2n) is 10.8. The molecule has 0 saturated carbocycles. The molecule has 4 rings (SSSR count). The van der Waals surface area contributed by atoms with Crippen LogP contribution < -0.4 is 14.8 Å². The molecule has 0 bridgehead atoms. The number of imidazole rings is 1. The van der Waals surface area contributed by atoms with Gasteiger partial charge in [0.2, 0.25) is 0 Å². The average molecular weight is 550 g/mol. The van der Waals surface area contributed by atoms with Gasteiger partial charge in [-0.1, -0.05) is 39.0 Å². The van der Waals surface area contributed by atoms with Crippen LogP contribution in [-0.4, -0.2) is 28.0 Å². The largest absolute Gasteiger partial charge is 0.493 e. The van der Waals surface area contributed by atoms with E-state index in [1.54, 1.807) is 37.4 Å². The molecule has 2 aromatic heterocycles. The molecular weight excluding hydrogens is 518 g/mol. The van der Waals surface area contributed by atoms with Gasteiger partial charge in [0, 0.05) is 21.8 Å². The first-order valence-corrected chi connectivity index (χ1v) is 12.7. The molecule has 0 amide bonds. The fraction of sp³-hybridized carbons (Fsp3) is 0.310.